The number of carbonyl (C=O) groups is 1. The Labute approximate surface area is 45.9 Å². The zero-order valence-corrected chi connectivity index (χ0v) is 5.81. The second kappa shape index (κ2) is 2.38. The SMILES string of the molecule is CC(C)C(=O)[SeH]. The molecule has 0 aromatic rings. The molecule has 0 aliphatic carbocycles. The molecule has 0 aromatic heterocycles. The third kappa shape index (κ3) is 2.43. The van der Waals surface area contributed by atoms with E-state index in [1.807, 2.05) is 29.9 Å². The van der Waals surface area contributed by atoms with E-state index in [4.69, 9.17) is 0 Å². The van der Waals surface area contributed by atoms with Gasteiger partial charge in [-0.1, -0.05) is 0 Å². The Morgan fingerprint density at radius 2 is 1.83 bits per heavy atom. The van der Waals surface area contributed by atoms with Crippen LogP contribution in [0.3, 0.4) is 0 Å². The summed E-state index contributed by atoms with van der Waals surface area (Å²) in [5.74, 6) is 0.185. The number of hydrogen-bond acceptors (Lipinski definition) is 1. The van der Waals surface area contributed by atoms with Crippen LogP contribution in [-0.4, -0.2) is 20.7 Å². The standard InChI is InChI=1S/C4H8OSe/c1-3(2)4(5)6/h3H,1-2H3,(H,5,6). The molecule has 0 fully saturated rings. The van der Waals surface area contributed by atoms with Crippen molar-refractivity contribution in [2.45, 2.75) is 13.8 Å². The molecule has 0 aromatic carbocycles. The maximum absolute atomic E-state index is 10.1. The molecule has 1 nitrogen and oxygen atoms in total. The van der Waals surface area contributed by atoms with Crippen molar-refractivity contribution in [3.05, 3.63) is 0 Å². The molecule has 0 N–H and O–H groups in total. The van der Waals surface area contributed by atoms with E-state index in [1.165, 1.54) is 0 Å². The number of rotatable bonds is 1. The first kappa shape index (κ1) is 6.19. The van der Waals surface area contributed by atoms with Gasteiger partial charge in [-0.25, -0.2) is 0 Å². The Morgan fingerprint density at radius 3 is 1.83 bits per heavy atom. The first-order chi connectivity index (χ1) is 2.64. The van der Waals surface area contributed by atoms with E-state index in [-0.39, 0.29) is 10.6 Å². The molecule has 0 aliphatic rings. The minimum atomic E-state index is 0.185. The van der Waals surface area contributed by atoms with Gasteiger partial charge in [-0.3, -0.25) is 0 Å². The van der Waals surface area contributed by atoms with E-state index in [0.29, 0.717) is 0 Å². The van der Waals surface area contributed by atoms with Crippen molar-refractivity contribution in [1.29, 1.82) is 0 Å². The normalized spacial score (nSPS) is 9.33. The van der Waals surface area contributed by atoms with Gasteiger partial charge in [0.15, 0.2) is 0 Å². The Bertz CT molecular complexity index is 58.6. The van der Waals surface area contributed by atoms with Crippen LogP contribution in [0, 0.1) is 5.92 Å². The van der Waals surface area contributed by atoms with Crippen LogP contribution in [0.2, 0.25) is 0 Å². The average Bonchev–Trinajstić information content (AvgIpc) is 1.36. The third-order valence-corrected chi connectivity index (χ3v) is 1.58. The maximum atomic E-state index is 10.1. The molecule has 36 valence electrons. The first-order valence-electron chi connectivity index (χ1n) is 1.87. The van der Waals surface area contributed by atoms with Crippen molar-refractivity contribution in [3.63, 3.8) is 0 Å². The van der Waals surface area contributed by atoms with Gasteiger partial charge in [-0.2, -0.15) is 0 Å². The molecule has 0 amide bonds. The van der Waals surface area contributed by atoms with Gasteiger partial charge in [0.25, 0.3) is 0 Å². The van der Waals surface area contributed by atoms with Crippen molar-refractivity contribution in [1.82, 2.24) is 0 Å². The van der Waals surface area contributed by atoms with Crippen molar-refractivity contribution < 1.29 is 4.79 Å². The van der Waals surface area contributed by atoms with Crippen molar-refractivity contribution in [3.8, 4) is 0 Å². The monoisotopic (exact) mass is 152 g/mol. The van der Waals surface area contributed by atoms with E-state index in [9.17, 15) is 4.79 Å². The van der Waals surface area contributed by atoms with E-state index in [1.54, 1.807) is 0 Å². The molecule has 0 saturated carbocycles. The predicted molar refractivity (Wildman–Crippen MR) is 27.0 cm³/mol. The van der Waals surface area contributed by atoms with Crippen LogP contribution in [0.15, 0.2) is 0 Å². The summed E-state index contributed by atoms with van der Waals surface area (Å²) in [7, 11) is 0. The second-order valence-corrected chi connectivity index (χ2v) is 2.42. The summed E-state index contributed by atoms with van der Waals surface area (Å²) in [6.45, 7) is 3.75. The fourth-order valence-electron chi connectivity index (χ4n) is 0. The summed E-state index contributed by atoms with van der Waals surface area (Å²) in [5.41, 5.74) is 0. The molecular weight excluding hydrogens is 143 g/mol. The fraction of sp³-hybridized carbons (Fsp3) is 0.750. The predicted octanol–water partition coefficient (Wildman–Crippen LogP) is 0.0698. The first-order valence-corrected chi connectivity index (χ1v) is 2.81. The van der Waals surface area contributed by atoms with Gasteiger partial charge < -0.3 is 0 Å². The Balaban J connectivity index is 3.26. The van der Waals surface area contributed by atoms with Crippen molar-refractivity contribution >= 4 is 20.7 Å². The third-order valence-electron chi connectivity index (χ3n) is 0.494. The van der Waals surface area contributed by atoms with Crippen LogP contribution >= 0.6 is 0 Å². The summed E-state index contributed by atoms with van der Waals surface area (Å²) < 4.78 is 0.197. The van der Waals surface area contributed by atoms with Crippen molar-refractivity contribution in [2.24, 2.45) is 5.92 Å². The van der Waals surface area contributed by atoms with Gasteiger partial charge in [0, 0.05) is 0 Å². The van der Waals surface area contributed by atoms with Crippen LogP contribution < -0.4 is 0 Å². The average molecular weight is 151 g/mol. The molecule has 0 spiro atoms. The molecule has 0 heterocycles. The second-order valence-electron chi connectivity index (χ2n) is 1.49. The van der Waals surface area contributed by atoms with E-state index < -0.39 is 0 Å². The summed E-state index contributed by atoms with van der Waals surface area (Å²) in [6.07, 6.45) is 0. The van der Waals surface area contributed by atoms with Gasteiger partial charge in [0.05, 0.1) is 0 Å². The zero-order valence-electron chi connectivity index (χ0n) is 3.93. The summed E-state index contributed by atoms with van der Waals surface area (Å²) in [6, 6.07) is 0. The van der Waals surface area contributed by atoms with Gasteiger partial charge in [0.2, 0.25) is 0 Å². The Morgan fingerprint density at radius 1 is 1.67 bits per heavy atom. The molecule has 0 bridgehead atoms. The Kier molecular flexibility index (Phi) is 2.45. The molecule has 0 aliphatic heterocycles. The Hall–Kier alpha value is 0.189. The van der Waals surface area contributed by atoms with E-state index in [0.717, 1.165) is 0 Å². The molecule has 0 rings (SSSR count). The van der Waals surface area contributed by atoms with Gasteiger partial charge in [-0.05, 0) is 0 Å². The van der Waals surface area contributed by atoms with Gasteiger partial charge in [-0.15, -0.1) is 0 Å². The van der Waals surface area contributed by atoms with Crippen LogP contribution in [0.4, 0.5) is 0 Å². The molecular formula is C4H8OSe. The molecule has 0 radical (unpaired) electrons. The molecule has 0 saturated heterocycles. The zero-order chi connectivity index (χ0) is 5.15. The van der Waals surface area contributed by atoms with Gasteiger partial charge in [0.1, 0.15) is 0 Å². The molecule has 6 heavy (non-hydrogen) atoms. The van der Waals surface area contributed by atoms with Crippen LogP contribution in [0.5, 0.6) is 0 Å². The van der Waals surface area contributed by atoms with E-state index in [2.05, 4.69) is 0 Å². The summed E-state index contributed by atoms with van der Waals surface area (Å²) >= 11 is 2.00. The van der Waals surface area contributed by atoms with Crippen LogP contribution in [0.1, 0.15) is 13.8 Å². The molecule has 0 unspecified atom stereocenters. The van der Waals surface area contributed by atoms with E-state index >= 15 is 0 Å². The fourth-order valence-corrected chi connectivity index (χ4v) is 0. The van der Waals surface area contributed by atoms with Gasteiger partial charge >= 0.3 is 45.3 Å². The van der Waals surface area contributed by atoms with Crippen LogP contribution in [-0.2, 0) is 4.79 Å². The number of carbonyl (C=O) groups excluding carboxylic acids is 1. The van der Waals surface area contributed by atoms with Crippen molar-refractivity contribution in [2.75, 3.05) is 0 Å². The minimum absolute atomic E-state index is 0.185. The number of hydrogen-bond donors (Lipinski definition) is 0. The summed E-state index contributed by atoms with van der Waals surface area (Å²) in [4.78, 5) is 10.1. The topological polar surface area (TPSA) is 17.1 Å². The molecule has 0 atom stereocenters. The molecule has 2 heteroatoms. The van der Waals surface area contributed by atoms with Crippen LogP contribution in [0.25, 0.3) is 0 Å². The quantitative estimate of drug-likeness (QED) is 0.484. The summed E-state index contributed by atoms with van der Waals surface area (Å²) in [5, 5.41) is 0.